The minimum atomic E-state index is 0.831. The third kappa shape index (κ3) is 4.50. The van der Waals surface area contributed by atoms with Gasteiger partial charge in [-0.15, -0.1) is 0 Å². The first-order valence-electron chi connectivity index (χ1n) is 6.22. The van der Waals surface area contributed by atoms with E-state index in [0.29, 0.717) is 0 Å². The van der Waals surface area contributed by atoms with Crippen LogP contribution >= 0.6 is 0 Å². The molecule has 0 aliphatic carbocycles. The second-order valence-electron chi connectivity index (χ2n) is 4.61. The molecule has 0 amide bonds. The maximum Gasteiger partial charge on any atom is 0.0945 e. The zero-order valence-corrected chi connectivity index (χ0v) is 10.3. The first kappa shape index (κ1) is 12.3. The first-order valence-corrected chi connectivity index (χ1v) is 6.22. The lowest BCUT2D eigenvalue weighted by Crippen LogP contribution is -2.07. The molecule has 1 atom stereocenters. The fourth-order valence-electron chi connectivity index (χ4n) is 2.10. The zero-order valence-electron chi connectivity index (χ0n) is 10.3. The van der Waals surface area contributed by atoms with E-state index in [1.54, 1.807) is 0 Å². The molecule has 86 valence electrons. The van der Waals surface area contributed by atoms with Crippen molar-refractivity contribution in [1.29, 1.82) is 0 Å². The predicted molar refractivity (Wildman–Crippen MR) is 64.7 cm³/mol. The van der Waals surface area contributed by atoms with Crippen LogP contribution in [-0.2, 0) is 6.54 Å². The van der Waals surface area contributed by atoms with Crippen LogP contribution in [0.5, 0.6) is 0 Å². The van der Waals surface area contributed by atoms with Crippen LogP contribution in [0.25, 0.3) is 0 Å². The largest absolute Gasteiger partial charge is 0.337 e. The highest BCUT2D eigenvalue weighted by atomic mass is 15.0. The number of rotatable bonds is 7. The van der Waals surface area contributed by atoms with Crippen LogP contribution in [0.1, 0.15) is 46.5 Å². The number of hydrogen-bond donors (Lipinski definition) is 0. The fourth-order valence-corrected chi connectivity index (χ4v) is 2.10. The molecular formula is C13H24N2. The van der Waals surface area contributed by atoms with Gasteiger partial charge < -0.3 is 4.57 Å². The van der Waals surface area contributed by atoms with Crippen LogP contribution in [-0.4, -0.2) is 9.55 Å². The highest BCUT2D eigenvalue weighted by Gasteiger charge is 2.09. The first-order chi connectivity index (χ1) is 7.26. The lowest BCUT2D eigenvalue weighted by molar-refractivity contribution is 0.344. The van der Waals surface area contributed by atoms with Gasteiger partial charge in [-0.1, -0.05) is 33.6 Å². The van der Waals surface area contributed by atoms with Gasteiger partial charge in [-0.2, -0.15) is 0 Å². The minimum Gasteiger partial charge on any atom is -0.337 e. The molecule has 1 aromatic rings. The summed E-state index contributed by atoms with van der Waals surface area (Å²) in [7, 11) is 0. The van der Waals surface area contributed by atoms with Gasteiger partial charge in [0, 0.05) is 18.9 Å². The summed E-state index contributed by atoms with van der Waals surface area (Å²) in [5.74, 6) is 1.75. The summed E-state index contributed by atoms with van der Waals surface area (Å²) in [6.07, 6.45) is 11.1. The van der Waals surface area contributed by atoms with E-state index in [0.717, 1.165) is 18.4 Å². The van der Waals surface area contributed by atoms with Gasteiger partial charge >= 0.3 is 0 Å². The van der Waals surface area contributed by atoms with Crippen molar-refractivity contribution < 1.29 is 0 Å². The van der Waals surface area contributed by atoms with Crippen LogP contribution in [0.4, 0.5) is 0 Å². The summed E-state index contributed by atoms with van der Waals surface area (Å²) in [4.78, 5) is 4.06. The van der Waals surface area contributed by atoms with Crippen molar-refractivity contribution in [3.05, 3.63) is 18.7 Å². The second kappa shape index (κ2) is 6.65. The maximum absolute atomic E-state index is 4.06. The molecule has 2 heteroatoms. The van der Waals surface area contributed by atoms with Gasteiger partial charge in [0.05, 0.1) is 6.33 Å². The monoisotopic (exact) mass is 208 g/mol. The van der Waals surface area contributed by atoms with E-state index in [2.05, 4.69) is 30.3 Å². The second-order valence-corrected chi connectivity index (χ2v) is 4.61. The Balaban J connectivity index is 2.21. The Bertz CT molecular complexity index is 237. The Morgan fingerprint density at radius 1 is 1.27 bits per heavy atom. The Kier molecular flexibility index (Phi) is 5.44. The highest BCUT2D eigenvalue weighted by Crippen LogP contribution is 2.21. The van der Waals surface area contributed by atoms with Gasteiger partial charge in [0.15, 0.2) is 0 Å². The number of aryl methyl sites for hydroxylation is 1. The van der Waals surface area contributed by atoms with Crippen molar-refractivity contribution >= 4 is 0 Å². The molecule has 2 nitrogen and oxygen atoms in total. The molecule has 0 aliphatic heterocycles. The lowest BCUT2D eigenvalue weighted by Gasteiger charge is -2.18. The van der Waals surface area contributed by atoms with Gasteiger partial charge in [-0.3, -0.25) is 0 Å². The average Bonchev–Trinajstić information content (AvgIpc) is 2.75. The quantitative estimate of drug-likeness (QED) is 0.667. The molecule has 0 radical (unpaired) electrons. The Morgan fingerprint density at radius 2 is 2.00 bits per heavy atom. The third-order valence-electron chi connectivity index (χ3n) is 3.33. The minimum absolute atomic E-state index is 0.831. The number of imidazole rings is 1. The van der Waals surface area contributed by atoms with E-state index in [4.69, 9.17) is 0 Å². The lowest BCUT2D eigenvalue weighted by atomic mass is 9.90. The zero-order chi connectivity index (χ0) is 11.1. The van der Waals surface area contributed by atoms with E-state index in [1.165, 1.54) is 25.7 Å². The summed E-state index contributed by atoms with van der Waals surface area (Å²) in [6.45, 7) is 8.09. The van der Waals surface area contributed by atoms with Crippen molar-refractivity contribution in [1.82, 2.24) is 9.55 Å². The van der Waals surface area contributed by atoms with Gasteiger partial charge in [0.1, 0.15) is 0 Å². The molecule has 0 N–H and O–H groups in total. The molecule has 0 aliphatic rings. The maximum atomic E-state index is 4.06. The molecule has 0 aromatic carbocycles. The Hall–Kier alpha value is -0.790. The molecule has 1 aromatic heterocycles. The summed E-state index contributed by atoms with van der Waals surface area (Å²) in [6, 6.07) is 0. The smallest absolute Gasteiger partial charge is 0.0945 e. The number of nitrogens with zero attached hydrogens (tertiary/aromatic N) is 2. The van der Waals surface area contributed by atoms with Gasteiger partial charge in [0.2, 0.25) is 0 Å². The molecule has 0 spiro atoms. The molecule has 0 fully saturated rings. The molecule has 1 rings (SSSR count). The third-order valence-corrected chi connectivity index (χ3v) is 3.33. The van der Waals surface area contributed by atoms with Gasteiger partial charge in [-0.05, 0) is 24.7 Å². The van der Waals surface area contributed by atoms with Crippen molar-refractivity contribution in [3.63, 3.8) is 0 Å². The van der Waals surface area contributed by atoms with Gasteiger partial charge in [-0.25, -0.2) is 4.98 Å². The Morgan fingerprint density at radius 3 is 2.53 bits per heavy atom. The standard InChI is InChI=1S/C13H24N2/c1-4-13(5-2)10-12(3)6-8-15-9-7-14-11-15/h7,9,11-13H,4-6,8,10H2,1-3H3. The van der Waals surface area contributed by atoms with Crippen LogP contribution in [0.3, 0.4) is 0 Å². The topological polar surface area (TPSA) is 17.8 Å². The van der Waals surface area contributed by atoms with Gasteiger partial charge in [0.25, 0.3) is 0 Å². The number of aromatic nitrogens is 2. The molecule has 0 bridgehead atoms. The molecule has 0 saturated heterocycles. The van der Waals surface area contributed by atoms with E-state index in [1.807, 2.05) is 18.7 Å². The SMILES string of the molecule is CCC(CC)CC(C)CCn1ccnc1. The van der Waals surface area contributed by atoms with Crippen molar-refractivity contribution in [2.75, 3.05) is 0 Å². The van der Waals surface area contributed by atoms with Crippen LogP contribution in [0.2, 0.25) is 0 Å². The molecule has 1 unspecified atom stereocenters. The molecule has 15 heavy (non-hydrogen) atoms. The van der Waals surface area contributed by atoms with E-state index in [-0.39, 0.29) is 0 Å². The molecule has 0 saturated carbocycles. The van der Waals surface area contributed by atoms with E-state index in [9.17, 15) is 0 Å². The summed E-state index contributed by atoms with van der Waals surface area (Å²) < 4.78 is 2.17. The average molecular weight is 208 g/mol. The highest BCUT2D eigenvalue weighted by molar-refractivity contribution is 4.74. The van der Waals surface area contributed by atoms with E-state index < -0.39 is 0 Å². The van der Waals surface area contributed by atoms with E-state index >= 15 is 0 Å². The summed E-state index contributed by atoms with van der Waals surface area (Å²) >= 11 is 0. The molecule has 1 heterocycles. The van der Waals surface area contributed by atoms with Crippen molar-refractivity contribution in [2.45, 2.75) is 53.0 Å². The normalized spacial score (nSPS) is 13.3. The van der Waals surface area contributed by atoms with Crippen LogP contribution in [0.15, 0.2) is 18.7 Å². The fraction of sp³-hybridized carbons (Fsp3) is 0.769. The van der Waals surface area contributed by atoms with Crippen LogP contribution < -0.4 is 0 Å². The molecular weight excluding hydrogens is 184 g/mol. The Labute approximate surface area is 93.7 Å². The van der Waals surface area contributed by atoms with Crippen molar-refractivity contribution in [3.8, 4) is 0 Å². The summed E-state index contributed by atoms with van der Waals surface area (Å²) in [5.41, 5.74) is 0. The number of hydrogen-bond acceptors (Lipinski definition) is 1. The van der Waals surface area contributed by atoms with Crippen molar-refractivity contribution in [2.24, 2.45) is 11.8 Å². The summed E-state index contributed by atoms with van der Waals surface area (Å²) in [5, 5.41) is 0. The predicted octanol–water partition coefficient (Wildman–Crippen LogP) is 3.74. The van der Waals surface area contributed by atoms with Crippen LogP contribution in [0, 0.1) is 11.8 Å².